The van der Waals surface area contributed by atoms with E-state index in [1.54, 1.807) is 23.1 Å². The normalized spacial score (nSPS) is 12.2. The summed E-state index contributed by atoms with van der Waals surface area (Å²) in [6.45, 7) is 7.46. The fraction of sp³-hybridized carbons (Fsp3) is 0.500. The van der Waals surface area contributed by atoms with Crippen molar-refractivity contribution in [1.29, 1.82) is 0 Å². The zero-order valence-corrected chi connectivity index (χ0v) is 11.2. The van der Waals surface area contributed by atoms with Gasteiger partial charge in [0.2, 0.25) is 5.91 Å². The van der Waals surface area contributed by atoms with Crippen molar-refractivity contribution >= 4 is 5.91 Å². The molecule has 0 fully saturated rings. The van der Waals surface area contributed by atoms with Crippen LogP contribution in [-0.4, -0.2) is 29.9 Å². The second kappa shape index (κ2) is 7.11. The van der Waals surface area contributed by atoms with E-state index in [1.807, 2.05) is 20.8 Å². The molecule has 1 aromatic rings. The first kappa shape index (κ1) is 14.6. The van der Waals surface area contributed by atoms with Gasteiger partial charge in [-0.3, -0.25) is 4.79 Å². The van der Waals surface area contributed by atoms with Crippen LogP contribution in [0.5, 0.6) is 0 Å². The topological polar surface area (TPSA) is 32.3 Å². The molecular formula is C14H21FN2O. The maximum Gasteiger partial charge on any atom is 0.239 e. The summed E-state index contributed by atoms with van der Waals surface area (Å²) in [5.41, 5.74) is 0.580. The van der Waals surface area contributed by atoms with Crippen LogP contribution in [0.1, 0.15) is 26.3 Å². The molecule has 0 spiro atoms. The van der Waals surface area contributed by atoms with Gasteiger partial charge in [-0.2, -0.15) is 0 Å². The first-order chi connectivity index (χ1) is 8.60. The van der Waals surface area contributed by atoms with Gasteiger partial charge in [0.25, 0.3) is 0 Å². The molecule has 3 nitrogen and oxygen atoms in total. The lowest BCUT2D eigenvalue weighted by Crippen LogP contribution is -2.44. The number of hydrogen-bond donors (Lipinski definition) is 1. The Morgan fingerprint density at radius 2 is 1.94 bits per heavy atom. The minimum absolute atomic E-state index is 0.0522. The summed E-state index contributed by atoms with van der Waals surface area (Å²) < 4.78 is 13.4. The van der Waals surface area contributed by atoms with E-state index >= 15 is 0 Å². The van der Waals surface area contributed by atoms with E-state index in [0.29, 0.717) is 25.2 Å². The molecule has 100 valence electrons. The van der Waals surface area contributed by atoms with Crippen molar-refractivity contribution in [3.8, 4) is 0 Å². The van der Waals surface area contributed by atoms with Gasteiger partial charge in [0.1, 0.15) is 5.82 Å². The quantitative estimate of drug-likeness (QED) is 0.841. The number of nitrogens with zero attached hydrogens (tertiary/aromatic N) is 1. The van der Waals surface area contributed by atoms with Gasteiger partial charge in [0.15, 0.2) is 0 Å². The Morgan fingerprint density at radius 3 is 2.50 bits per heavy atom. The van der Waals surface area contributed by atoms with Crippen LogP contribution in [-0.2, 0) is 11.3 Å². The van der Waals surface area contributed by atoms with Crippen molar-refractivity contribution < 1.29 is 9.18 Å². The smallest absolute Gasteiger partial charge is 0.239 e. The predicted octanol–water partition coefficient (Wildman–Crippen LogP) is 2.17. The van der Waals surface area contributed by atoms with Crippen LogP contribution in [0.4, 0.5) is 4.39 Å². The van der Waals surface area contributed by atoms with Gasteiger partial charge >= 0.3 is 0 Å². The van der Waals surface area contributed by atoms with E-state index in [-0.39, 0.29) is 17.8 Å². The molecular weight excluding hydrogens is 231 g/mol. The van der Waals surface area contributed by atoms with Gasteiger partial charge in [-0.1, -0.05) is 18.2 Å². The molecule has 1 atom stereocenters. The Labute approximate surface area is 108 Å². The lowest BCUT2D eigenvalue weighted by molar-refractivity contribution is -0.132. The Bertz CT molecular complexity index is 391. The third-order valence-corrected chi connectivity index (χ3v) is 3.00. The molecule has 1 N–H and O–H groups in total. The molecule has 0 bridgehead atoms. The number of benzene rings is 1. The number of carbonyl (C=O) groups is 1. The number of halogens is 1. The molecule has 0 heterocycles. The van der Waals surface area contributed by atoms with Gasteiger partial charge in [-0.15, -0.1) is 0 Å². The highest BCUT2D eigenvalue weighted by atomic mass is 19.1. The highest BCUT2D eigenvalue weighted by Crippen LogP contribution is 2.06. The van der Waals surface area contributed by atoms with Gasteiger partial charge in [-0.05, 0) is 26.8 Å². The molecule has 4 heteroatoms. The van der Waals surface area contributed by atoms with Gasteiger partial charge < -0.3 is 10.2 Å². The van der Waals surface area contributed by atoms with E-state index in [9.17, 15) is 9.18 Å². The van der Waals surface area contributed by atoms with Crippen LogP contribution < -0.4 is 5.32 Å². The third kappa shape index (κ3) is 3.81. The van der Waals surface area contributed by atoms with Crippen LogP contribution in [0.15, 0.2) is 24.3 Å². The van der Waals surface area contributed by atoms with E-state index < -0.39 is 0 Å². The minimum atomic E-state index is -0.301. The molecule has 0 aliphatic carbocycles. The zero-order valence-electron chi connectivity index (χ0n) is 11.2. The van der Waals surface area contributed by atoms with Crippen molar-refractivity contribution in [2.75, 3.05) is 13.1 Å². The van der Waals surface area contributed by atoms with E-state index in [4.69, 9.17) is 0 Å². The molecule has 0 radical (unpaired) electrons. The van der Waals surface area contributed by atoms with Gasteiger partial charge in [0, 0.05) is 25.2 Å². The fourth-order valence-corrected chi connectivity index (χ4v) is 1.80. The van der Waals surface area contributed by atoms with E-state index in [2.05, 4.69) is 5.32 Å². The first-order valence-electron chi connectivity index (χ1n) is 6.35. The summed E-state index contributed by atoms with van der Waals surface area (Å²) >= 11 is 0. The van der Waals surface area contributed by atoms with E-state index in [0.717, 1.165) is 0 Å². The largest absolute Gasteiger partial charge is 0.342 e. The van der Waals surface area contributed by atoms with Crippen LogP contribution in [0.3, 0.4) is 0 Å². The van der Waals surface area contributed by atoms with Crippen LogP contribution in [0.25, 0.3) is 0 Å². The number of amides is 1. The average Bonchev–Trinajstić information content (AvgIpc) is 2.38. The minimum Gasteiger partial charge on any atom is -0.342 e. The molecule has 0 aliphatic rings. The van der Waals surface area contributed by atoms with Crippen molar-refractivity contribution in [2.45, 2.75) is 33.4 Å². The molecule has 0 saturated heterocycles. The van der Waals surface area contributed by atoms with Crippen LogP contribution >= 0.6 is 0 Å². The average molecular weight is 252 g/mol. The molecule has 1 aromatic carbocycles. The summed E-state index contributed by atoms with van der Waals surface area (Å²) in [4.78, 5) is 13.7. The second-order valence-electron chi connectivity index (χ2n) is 4.20. The van der Waals surface area contributed by atoms with Crippen LogP contribution in [0.2, 0.25) is 0 Å². The predicted molar refractivity (Wildman–Crippen MR) is 70.6 cm³/mol. The number of carbonyl (C=O) groups excluding carboxylic acids is 1. The molecule has 18 heavy (non-hydrogen) atoms. The SMILES string of the molecule is CCN(CC)C(=O)C(C)NCc1ccccc1F. The van der Waals surface area contributed by atoms with Gasteiger partial charge in [-0.25, -0.2) is 4.39 Å². The fourth-order valence-electron chi connectivity index (χ4n) is 1.80. The molecule has 0 saturated carbocycles. The molecule has 0 aromatic heterocycles. The van der Waals surface area contributed by atoms with E-state index in [1.165, 1.54) is 6.07 Å². The summed E-state index contributed by atoms with van der Waals surface area (Å²) in [6, 6.07) is 6.29. The third-order valence-electron chi connectivity index (χ3n) is 3.00. The summed E-state index contributed by atoms with van der Waals surface area (Å²) in [6.07, 6.45) is 0. The lowest BCUT2D eigenvalue weighted by atomic mass is 10.2. The highest BCUT2D eigenvalue weighted by molar-refractivity contribution is 5.81. The molecule has 0 aliphatic heterocycles. The Morgan fingerprint density at radius 1 is 1.33 bits per heavy atom. The second-order valence-corrected chi connectivity index (χ2v) is 4.20. The van der Waals surface area contributed by atoms with Crippen molar-refractivity contribution in [1.82, 2.24) is 10.2 Å². The number of nitrogens with one attached hydrogen (secondary N) is 1. The Hall–Kier alpha value is -1.42. The molecule has 1 rings (SSSR count). The lowest BCUT2D eigenvalue weighted by Gasteiger charge is -2.23. The maximum absolute atomic E-state index is 13.4. The summed E-state index contributed by atoms with van der Waals surface area (Å²) in [5.74, 6) is -0.191. The summed E-state index contributed by atoms with van der Waals surface area (Å²) in [5, 5.41) is 3.06. The van der Waals surface area contributed by atoms with Crippen molar-refractivity contribution in [2.24, 2.45) is 0 Å². The van der Waals surface area contributed by atoms with Gasteiger partial charge in [0.05, 0.1) is 6.04 Å². The summed E-state index contributed by atoms with van der Waals surface area (Å²) in [7, 11) is 0. The van der Waals surface area contributed by atoms with Crippen LogP contribution in [0, 0.1) is 5.82 Å². The maximum atomic E-state index is 13.4. The Balaban J connectivity index is 2.53. The standard InChI is InChI=1S/C14H21FN2O/c1-4-17(5-2)14(18)11(3)16-10-12-8-6-7-9-13(12)15/h6-9,11,16H,4-5,10H2,1-3H3. The zero-order chi connectivity index (χ0) is 13.5. The van der Waals surface area contributed by atoms with Crippen molar-refractivity contribution in [3.63, 3.8) is 0 Å². The monoisotopic (exact) mass is 252 g/mol. The number of rotatable bonds is 6. The Kier molecular flexibility index (Phi) is 5.78. The highest BCUT2D eigenvalue weighted by Gasteiger charge is 2.17. The molecule has 1 unspecified atom stereocenters. The van der Waals surface area contributed by atoms with Crippen molar-refractivity contribution in [3.05, 3.63) is 35.6 Å². The molecule has 1 amide bonds. The number of hydrogen-bond acceptors (Lipinski definition) is 2. The number of likely N-dealkylation sites (N-methyl/N-ethyl adjacent to an activating group) is 1. The first-order valence-corrected chi connectivity index (χ1v) is 6.35.